The van der Waals surface area contributed by atoms with E-state index in [9.17, 15) is 18.0 Å². The van der Waals surface area contributed by atoms with E-state index in [1.54, 1.807) is 18.3 Å². The Bertz CT molecular complexity index is 1650. The summed E-state index contributed by atoms with van der Waals surface area (Å²) in [4.78, 5) is 28.7. The maximum absolute atomic E-state index is 13.7. The smallest absolute Gasteiger partial charge is 0.287 e. The quantitative estimate of drug-likeness (QED) is 0.291. The normalized spacial score (nSPS) is 14.4. The fourth-order valence-electron chi connectivity index (χ4n) is 4.30. The van der Waals surface area contributed by atoms with Crippen molar-refractivity contribution in [1.29, 1.82) is 0 Å². The van der Waals surface area contributed by atoms with Gasteiger partial charge in [-0.2, -0.15) is 14.1 Å². The second kappa shape index (κ2) is 11.4. The lowest BCUT2D eigenvalue weighted by Crippen LogP contribution is -2.49. The third-order valence-corrected chi connectivity index (χ3v) is 9.69. The summed E-state index contributed by atoms with van der Waals surface area (Å²) in [5.41, 5.74) is 1.50. The summed E-state index contributed by atoms with van der Waals surface area (Å²) in [6.45, 7) is 2.69. The van der Waals surface area contributed by atoms with E-state index in [0.29, 0.717) is 39.9 Å². The molecule has 0 amide bonds. The first-order valence-electron chi connectivity index (χ1n) is 12.2. The molecule has 2 heterocycles. The summed E-state index contributed by atoms with van der Waals surface area (Å²) in [5, 5.41) is 5.05. The number of rotatable bonds is 7. The molecule has 1 aliphatic heterocycles. The van der Waals surface area contributed by atoms with Crippen molar-refractivity contribution in [2.45, 2.75) is 21.6 Å². The van der Waals surface area contributed by atoms with Gasteiger partial charge in [0.2, 0.25) is 10.0 Å². The molecule has 0 aliphatic carbocycles. The van der Waals surface area contributed by atoms with E-state index < -0.39 is 10.0 Å². The zero-order valence-electron chi connectivity index (χ0n) is 21.0. The second-order valence-electron chi connectivity index (χ2n) is 8.94. The van der Waals surface area contributed by atoms with Gasteiger partial charge in [0.25, 0.3) is 5.56 Å². The van der Waals surface area contributed by atoms with Gasteiger partial charge in [-0.1, -0.05) is 53.7 Å². The number of benzene rings is 3. The Morgan fingerprint density at radius 2 is 1.54 bits per heavy atom. The average Bonchev–Trinajstić information content (AvgIpc) is 2.96. The summed E-state index contributed by atoms with van der Waals surface area (Å²) in [6, 6.07) is 22.4. The van der Waals surface area contributed by atoms with E-state index >= 15 is 0 Å². The van der Waals surface area contributed by atoms with Gasteiger partial charge in [0, 0.05) is 41.7 Å². The zero-order valence-corrected chi connectivity index (χ0v) is 23.4. The Hall–Kier alpha value is -3.44. The van der Waals surface area contributed by atoms with Gasteiger partial charge in [-0.3, -0.25) is 9.59 Å². The Balaban J connectivity index is 1.42. The third kappa shape index (κ3) is 5.79. The summed E-state index contributed by atoms with van der Waals surface area (Å²) >= 11 is 7.38. The molecular weight excluding hydrogens is 556 g/mol. The predicted molar refractivity (Wildman–Crippen MR) is 153 cm³/mol. The first-order valence-corrected chi connectivity index (χ1v) is 14.8. The topological polar surface area (TPSA) is 92.6 Å². The van der Waals surface area contributed by atoms with Crippen LogP contribution in [-0.2, 0) is 10.0 Å². The molecule has 3 aromatic carbocycles. The minimum atomic E-state index is -3.73. The first kappa shape index (κ1) is 27.1. The van der Waals surface area contributed by atoms with Crippen LogP contribution in [0.1, 0.15) is 17.3 Å². The maximum Gasteiger partial charge on any atom is 0.287 e. The van der Waals surface area contributed by atoms with Crippen LogP contribution in [0.25, 0.3) is 5.69 Å². The van der Waals surface area contributed by atoms with Crippen molar-refractivity contribution in [3.05, 3.63) is 106 Å². The number of halogens is 1. The second-order valence-corrected chi connectivity index (χ2v) is 12.4. The Morgan fingerprint density at radius 3 is 2.15 bits per heavy atom. The lowest BCUT2D eigenvalue weighted by atomic mass is 10.2. The van der Waals surface area contributed by atoms with E-state index in [1.165, 1.54) is 51.9 Å². The molecule has 8 nitrogen and oxygen atoms in total. The maximum atomic E-state index is 13.7. The van der Waals surface area contributed by atoms with Gasteiger partial charge >= 0.3 is 0 Å². The summed E-state index contributed by atoms with van der Waals surface area (Å²) < 4.78 is 29.3. The molecule has 0 radical (unpaired) electrons. The first-order chi connectivity index (χ1) is 18.7. The van der Waals surface area contributed by atoms with Crippen molar-refractivity contribution in [2.24, 2.45) is 0 Å². The molecule has 1 fully saturated rings. The van der Waals surface area contributed by atoms with Crippen LogP contribution in [-0.4, -0.2) is 54.5 Å². The molecule has 5 rings (SSSR count). The highest BCUT2D eigenvalue weighted by Crippen LogP contribution is 2.34. The molecule has 1 aromatic heterocycles. The Morgan fingerprint density at radius 1 is 0.897 bits per heavy atom. The number of ketones is 1. The zero-order chi connectivity index (χ0) is 27.6. The van der Waals surface area contributed by atoms with Crippen molar-refractivity contribution < 1.29 is 13.2 Å². The highest BCUT2D eigenvalue weighted by atomic mass is 35.5. The van der Waals surface area contributed by atoms with E-state index in [1.807, 2.05) is 47.4 Å². The van der Waals surface area contributed by atoms with Crippen LogP contribution in [0.4, 0.5) is 5.69 Å². The van der Waals surface area contributed by atoms with Gasteiger partial charge < -0.3 is 4.90 Å². The molecule has 200 valence electrons. The van der Waals surface area contributed by atoms with E-state index in [4.69, 9.17) is 11.6 Å². The molecule has 1 aliphatic rings. The fraction of sp³-hybridized carbons (Fsp3) is 0.179. The highest BCUT2D eigenvalue weighted by molar-refractivity contribution is 7.99. The number of aromatic nitrogens is 2. The van der Waals surface area contributed by atoms with E-state index in [0.717, 1.165) is 4.90 Å². The number of sulfonamides is 1. The largest absolute Gasteiger partial charge is 0.367 e. The number of carbonyl (C=O) groups is 1. The molecular formula is C28H25ClN4O4S2. The van der Waals surface area contributed by atoms with Crippen molar-refractivity contribution in [3.63, 3.8) is 0 Å². The summed E-state index contributed by atoms with van der Waals surface area (Å²) in [6.07, 6.45) is 1.66. The summed E-state index contributed by atoms with van der Waals surface area (Å²) in [5.74, 6) is -0.123. The van der Waals surface area contributed by atoms with E-state index in [2.05, 4.69) is 5.10 Å². The monoisotopic (exact) mass is 580 g/mol. The predicted octanol–water partition coefficient (Wildman–Crippen LogP) is 4.75. The van der Waals surface area contributed by atoms with E-state index in [-0.39, 0.29) is 29.3 Å². The minimum Gasteiger partial charge on any atom is -0.367 e. The van der Waals surface area contributed by atoms with Crippen molar-refractivity contribution in [1.82, 2.24) is 14.1 Å². The SMILES string of the molecule is CC(=O)c1ccc(S(=O)(=O)N2CCN(c3cnn(-c4ccccc4)c(=O)c3Sc3ccc(Cl)cc3)CC2)cc1. The molecule has 1 saturated heterocycles. The summed E-state index contributed by atoms with van der Waals surface area (Å²) in [7, 11) is -3.73. The lowest BCUT2D eigenvalue weighted by molar-refractivity contribution is 0.101. The van der Waals surface area contributed by atoms with Gasteiger partial charge in [-0.15, -0.1) is 0 Å². The number of anilines is 1. The Kier molecular flexibility index (Phi) is 7.90. The number of Topliss-reactive ketones (excluding diaryl/α,β-unsaturated/α-hetero) is 1. The number of para-hydroxylation sites is 1. The van der Waals surface area contributed by atoms with Crippen LogP contribution in [0.5, 0.6) is 0 Å². The van der Waals surface area contributed by atoms with Gasteiger partial charge in [0.1, 0.15) is 4.90 Å². The molecule has 0 N–H and O–H groups in total. The number of nitrogens with zero attached hydrogens (tertiary/aromatic N) is 4. The van der Waals surface area contributed by atoms with Crippen LogP contribution in [0.15, 0.2) is 105 Å². The van der Waals surface area contributed by atoms with Crippen molar-refractivity contribution in [2.75, 3.05) is 31.1 Å². The van der Waals surface area contributed by atoms with Gasteiger partial charge in [-0.05, 0) is 55.5 Å². The van der Waals surface area contributed by atoms with Gasteiger partial charge in [-0.25, -0.2) is 8.42 Å². The van der Waals surface area contributed by atoms with Crippen LogP contribution >= 0.6 is 23.4 Å². The molecule has 0 spiro atoms. The van der Waals surface area contributed by atoms with Crippen LogP contribution in [0, 0.1) is 0 Å². The van der Waals surface area contributed by atoms with Crippen molar-refractivity contribution in [3.8, 4) is 5.69 Å². The average molecular weight is 581 g/mol. The minimum absolute atomic E-state index is 0.123. The molecule has 4 aromatic rings. The van der Waals surface area contributed by atoms with Crippen molar-refractivity contribution >= 4 is 44.9 Å². The lowest BCUT2D eigenvalue weighted by Gasteiger charge is -2.35. The highest BCUT2D eigenvalue weighted by Gasteiger charge is 2.30. The Labute approximate surface area is 235 Å². The molecule has 0 bridgehead atoms. The van der Waals surface area contributed by atoms with Crippen LogP contribution < -0.4 is 10.5 Å². The standard InChI is InChI=1S/C28H25ClN4O4S2/c1-20(34)21-7-13-25(14-8-21)39(36,37)32-17-15-31(16-18-32)26-19-30-33(23-5-3-2-4-6-23)28(35)27(26)38-24-11-9-22(29)10-12-24/h2-14,19H,15-18H2,1H3. The van der Waals surface area contributed by atoms with Crippen LogP contribution in [0.3, 0.4) is 0 Å². The third-order valence-electron chi connectivity index (χ3n) is 6.43. The van der Waals surface area contributed by atoms with Gasteiger partial charge in [0.05, 0.1) is 22.5 Å². The fourth-order valence-corrected chi connectivity index (χ4v) is 6.82. The van der Waals surface area contributed by atoms with Gasteiger partial charge in [0.15, 0.2) is 5.78 Å². The molecule has 0 unspecified atom stereocenters. The molecule has 0 atom stereocenters. The molecule has 39 heavy (non-hydrogen) atoms. The molecule has 0 saturated carbocycles. The number of carbonyl (C=O) groups excluding carboxylic acids is 1. The molecule has 11 heteroatoms. The number of piperazine rings is 1. The number of hydrogen-bond donors (Lipinski definition) is 0. The number of hydrogen-bond acceptors (Lipinski definition) is 7. The van der Waals surface area contributed by atoms with Crippen LogP contribution in [0.2, 0.25) is 5.02 Å².